The second-order valence-corrected chi connectivity index (χ2v) is 4.36. The maximum absolute atomic E-state index is 5.90. The minimum atomic E-state index is 0.00479. The lowest BCUT2D eigenvalue weighted by Crippen LogP contribution is -2.13. The maximum atomic E-state index is 5.90. The van der Waals surface area contributed by atoms with Crippen molar-refractivity contribution in [3.63, 3.8) is 0 Å². The fraction of sp³-hybridized carbons (Fsp3) is 0.357. The lowest BCUT2D eigenvalue weighted by atomic mass is 10.1. The molecule has 0 aliphatic heterocycles. The van der Waals surface area contributed by atoms with E-state index in [2.05, 4.69) is 15.6 Å². The Hall–Kier alpha value is -1.81. The highest BCUT2D eigenvalue weighted by molar-refractivity contribution is 5.33. The fourth-order valence-electron chi connectivity index (χ4n) is 2.05. The standard InChI is InChI=1S/C14H19N3O/c1-11(15)13-9-16-10-17(13)8-7-12-5-3-4-6-14(12)18-2/h3-6,9-11H,7-8,15H2,1-2H3/t11-/m1/s1. The molecule has 18 heavy (non-hydrogen) atoms. The molecule has 4 heteroatoms. The molecule has 0 aliphatic rings. The maximum Gasteiger partial charge on any atom is 0.122 e. The molecule has 0 saturated carbocycles. The molecule has 0 bridgehead atoms. The van der Waals surface area contributed by atoms with Crippen molar-refractivity contribution in [3.8, 4) is 5.75 Å². The SMILES string of the molecule is COc1ccccc1CCn1cncc1[C@@H](C)N. The molecule has 0 saturated heterocycles. The van der Waals surface area contributed by atoms with Crippen molar-refractivity contribution in [2.45, 2.75) is 25.9 Å². The molecule has 0 fully saturated rings. The number of hydrogen-bond acceptors (Lipinski definition) is 3. The number of benzene rings is 1. The van der Waals surface area contributed by atoms with Crippen LogP contribution >= 0.6 is 0 Å². The molecule has 4 nitrogen and oxygen atoms in total. The predicted molar refractivity (Wildman–Crippen MR) is 71.5 cm³/mol. The summed E-state index contributed by atoms with van der Waals surface area (Å²) in [4.78, 5) is 4.15. The van der Waals surface area contributed by atoms with Crippen LogP contribution in [0.3, 0.4) is 0 Å². The van der Waals surface area contributed by atoms with E-state index < -0.39 is 0 Å². The molecule has 0 amide bonds. The average molecular weight is 245 g/mol. The minimum Gasteiger partial charge on any atom is -0.496 e. The van der Waals surface area contributed by atoms with Crippen LogP contribution in [-0.4, -0.2) is 16.7 Å². The molecule has 1 aromatic heterocycles. The van der Waals surface area contributed by atoms with E-state index in [4.69, 9.17) is 10.5 Å². The van der Waals surface area contributed by atoms with Crippen LogP contribution in [0.5, 0.6) is 5.75 Å². The van der Waals surface area contributed by atoms with E-state index in [-0.39, 0.29) is 6.04 Å². The van der Waals surface area contributed by atoms with Crippen LogP contribution < -0.4 is 10.5 Å². The zero-order valence-corrected chi connectivity index (χ0v) is 10.8. The Balaban J connectivity index is 2.09. The minimum absolute atomic E-state index is 0.00479. The van der Waals surface area contributed by atoms with Gasteiger partial charge in [-0.25, -0.2) is 4.98 Å². The van der Waals surface area contributed by atoms with E-state index in [1.807, 2.05) is 37.6 Å². The highest BCUT2D eigenvalue weighted by atomic mass is 16.5. The van der Waals surface area contributed by atoms with Gasteiger partial charge in [0.2, 0.25) is 0 Å². The lowest BCUT2D eigenvalue weighted by molar-refractivity contribution is 0.408. The number of imidazole rings is 1. The van der Waals surface area contributed by atoms with Gasteiger partial charge in [-0.15, -0.1) is 0 Å². The van der Waals surface area contributed by atoms with Crippen LogP contribution in [0.25, 0.3) is 0 Å². The molecule has 0 aliphatic carbocycles. The topological polar surface area (TPSA) is 53.1 Å². The van der Waals surface area contributed by atoms with Crippen molar-refractivity contribution < 1.29 is 4.74 Å². The fourth-order valence-corrected chi connectivity index (χ4v) is 2.05. The summed E-state index contributed by atoms with van der Waals surface area (Å²) in [6.07, 6.45) is 4.56. The molecular formula is C14H19N3O. The second kappa shape index (κ2) is 5.69. The first kappa shape index (κ1) is 12.6. The van der Waals surface area contributed by atoms with Gasteiger partial charge in [0.15, 0.2) is 0 Å². The van der Waals surface area contributed by atoms with Gasteiger partial charge in [-0.1, -0.05) is 18.2 Å². The zero-order valence-electron chi connectivity index (χ0n) is 10.8. The van der Waals surface area contributed by atoms with Crippen molar-refractivity contribution in [1.29, 1.82) is 0 Å². The third-order valence-electron chi connectivity index (χ3n) is 3.03. The Kier molecular flexibility index (Phi) is 3.99. The molecule has 1 aromatic carbocycles. The quantitative estimate of drug-likeness (QED) is 0.878. The van der Waals surface area contributed by atoms with Crippen LogP contribution in [0.1, 0.15) is 24.2 Å². The van der Waals surface area contributed by atoms with Crippen molar-refractivity contribution in [1.82, 2.24) is 9.55 Å². The zero-order chi connectivity index (χ0) is 13.0. The molecule has 2 N–H and O–H groups in total. The van der Waals surface area contributed by atoms with Crippen molar-refractivity contribution >= 4 is 0 Å². The van der Waals surface area contributed by atoms with Gasteiger partial charge >= 0.3 is 0 Å². The average Bonchev–Trinajstić information content (AvgIpc) is 2.85. The number of nitrogens with two attached hydrogens (primary N) is 1. The number of aryl methyl sites for hydroxylation is 2. The summed E-state index contributed by atoms with van der Waals surface area (Å²) in [7, 11) is 1.70. The monoisotopic (exact) mass is 245 g/mol. The van der Waals surface area contributed by atoms with Gasteiger partial charge in [0.05, 0.1) is 19.1 Å². The summed E-state index contributed by atoms with van der Waals surface area (Å²) in [5.74, 6) is 0.931. The molecule has 2 aromatic rings. The number of para-hydroxylation sites is 1. The number of methoxy groups -OCH3 is 1. The first-order valence-electron chi connectivity index (χ1n) is 6.10. The van der Waals surface area contributed by atoms with E-state index in [9.17, 15) is 0 Å². The van der Waals surface area contributed by atoms with Gasteiger partial charge in [-0.3, -0.25) is 0 Å². The van der Waals surface area contributed by atoms with Crippen molar-refractivity contribution in [3.05, 3.63) is 48.0 Å². The largest absolute Gasteiger partial charge is 0.496 e. The van der Waals surface area contributed by atoms with Crippen LogP contribution in [0, 0.1) is 0 Å². The van der Waals surface area contributed by atoms with Crippen LogP contribution in [-0.2, 0) is 13.0 Å². The number of rotatable bonds is 5. The Morgan fingerprint density at radius 2 is 2.17 bits per heavy atom. The first-order valence-corrected chi connectivity index (χ1v) is 6.10. The molecule has 1 heterocycles. The smallest absolute Gasteiger partial charge is 0.122 e. The Morgan fingerprint density at radius 1 is 1.39 bits per heavy atom. The number of ether oxygens (including phenoxy) is 1. The third kappa shape index (κ3) is 2.71. The van der Waals surface area contributed by atoms with Gasteiger partial charge < -0.3 is 15.0 Å². The second-order valence-electron chi connectivity index (χ2n) is 4.36. The molecule has 96 valence electrons. The molecular weight excluding hydrogens is 226 g/mol. The van der Waals surface area contributed by atoms with Crippen LogP contribution in [0.4, 0.5) is 0 Å². The van der Waals surface area contributed by atoms with E-state index >= 15 is 0 Å². The summed E-state index contributed by atoms with van der Waals surface area (Å²) in [6.45, 7) is 2.83. The van der Waals surface area contributed by atoms with Gasteiger partial charge in [-0.2, -0.15) is 0 Å². The van der Waals surface area contributed by atoms with Crippen LogP contribution in [0.15, 0.2) is 36.8 Å². The van der Waals surface area contributed by atoms with E-state index in [0.29, 0.717) is 0 Å². The molecule has 0 spiro atoms. The Bertz CT molecular complexity index is 505. The number of hydrogen-bond donors (Lipinski definition) is 1. The first-order chi connectivity index (χ1) is 8.72. The third-order valence-corrected chi connectivity index (χ3v) is 3.03. The molecule has 0 unspecified atom stereocenters. The molecule has 1 atom stereocenters. The Labute approximate surface area is 107 Å². The summed E-state index contributed by atoms with van der Waals surface area (Å²) in [6, 6.07) is 8.08. The number of aromatic nitrogens is 2. The Morgan fingerprint density at radius 3 is 2.89 bits per heavy atom. The predicted octanol–water partition coefficient (Wildman–Crippen LogP) is 2.15. The number of nitrogens with zero attached hydrogens (tertiary/aromatic N) is 2. The summed E-state index contributed by atoms with van der Waals surface area (Å²) in [5.41, 5.74) is 8.16. The van der Waals surface area contributed by atoms with Gasteiger partial charge in [0, 0.05) is 18.8 Å². The van der Waals surface area contributed by atoms with Crippen LogP contribution in [0.2, 0.25) is 0 Å². The van der Waals surface area contributed by atoms with Crippen molar-refractivity contribution in [2.75, 3.05) is 7.11 Å². The van der Waals surface area contributed by atoms with E-state index in [1.54, 1.807) is 7.11 Å². The summed E-state index contributed by atoms with van der Waals surface area (Å²) >= 11 is 0. The summed E-state index contributed by atoms with van der Waals surface area (Å²) < 4.78 is 7.44. The highest BCUT2D eigenvalue weighted by Crippen LogP contribution is 2.19. The molecule has 2 rings (SSSR count). The molecule has 0 radical (unpaired) electrons. The summed E-state index contributed by atoms with van der Waals surface area (Å²) in [5, 5.41) is 0. The van der Waals surface area contributed by atoms with E-state index in [1.165, 1.54) is 5.56 Å². The van der Waals surface area contributed by atoms with Gasteiger partial charge in [0.25, 0.3) is 0 Å². The van der Waals surface area contributed by atoms with Crippen molar-refractivity contribution in [2.24, 2.45) is 5.73 Å². The van der Waals surface area contributed by atoms with E-state index in [0.717, 1.165) is 24.4 Å². The van der Waals surface area contributed by atoms with Gasteiger partial charge in [0.1, 0.15) is 5.75 Å². The van der Waals surface area contributed by atoms with Gasteiger partial charge in [-0.05, 0) is 25.0 Å². The highest BCUT2D eigenvalue weighted by Gasteiger charge is 2.07. The normalized spacial score (nSPS) is 12.4. The lowest BCUT2D eigenvalue weighted by Gasteiger charge is -2.12.